The number of benzene rings is 1. The minimum atomic E-state index is 0.0688. The minimum absolute atomic E-state index is 0.0688. The average Bonchev–Trinajstić information content (AvgIpc) is 2.82. The molecule has 1 heterocycles. The lowest BCUT2D eigenvalue weighted by atomic mass is 10.1. The van der Waals surface area contributed by atoms with Crippen LogP contribution in [0.5, 0.6) is 11.5 Å². The van der Waals surface area contributed by atoms with Gasteiger partial charge < -0.3 is 15.2 Å². The highest BCUT2D eigenvalue weighted by atomic mass is 16.5. The van der Waals surface area contributed by atoms with Crippen LogP contribution in [0.25, 0.3) is 0 Å². The molecule has 1 atom stereocenters. The molecule has 1 unspecified atom stereocenters. The van der Waals surface area contributed by atoms with Gasteiger partial charge in [-0.25, -0.2) is 0 Å². The van der Waals surface area contributed by atoms with Gasteiger partial charge in [-0.15, -0.1) is 0 Å². The van der Waals surface area contributed by atoms with E-state index in [9.17, 15) is 0 Å². The van der Waals surface area contributed by atoms with Crippen LogP contribution in [0, 0.1) is 0 Å². The summed E-state index contributed by atoms with van der Waals surface area (Å²) in [6.07, 6.45) is 2.64. The molecule has 20 heavy (non-hydrogen) atoms. The Bertz CT molecular complexity index is 564. The third-order valence-electron chi connectivity index (χ3n) is 2.96. The molecule has 2 aromatic rings. The highest BCUT2D eigenvalue weighted by Crippen LogP contribution is 2.32. The number of ether oxygens (including phenoxy) is 2. The Balaban J connectivity index is 2.19. The number of hydrogen-bond acceptors (Lipinski definition) is 4. The number of rotatable bonds is 6. The number of nitrogens with two attached hydrogens (primary N) is 1. The van der Waals surface area contributed by atoms with E-state index >= 15 is 0 Å². The van der Waals surface area contributed by atoms with Gasteiger partial charge in [0.25, 0.3) is 0 Å². The molecule has 2 rings (SSSR count). The highest BCUT2D eigenvalue weighted by molar-refractivity contribution is 5.47. The summed E-state index contributed by atoms with van der Waals surface area (Å²) < 4.78 is 13.0. The second-order valence-corrected chi connectivity index (χ2v) is 4.90. The molecule has 1 aromatic carbocycles. The van der Waals surface area contributed by atoms with E-state index < -0.39 is 0 Å². The number of aromatic nitrogens is 2. The molecule has 0 amide bonds. The van der Waals surface area contributed by atoms with Crippen LogP contribution in [0.3, 0.4) is 0 Å². The Morgan fingerprint density at radius 3 is 2.75 bits per heavy atom. The molecule has 0 spiro atoms. The molecule has 5 heteroatoms. The summed E-state index contributed by atoms with van der Waals surface area (Å²) in [7, 11) is 3.52. The molecule has 108 valence electrons. The van der Waals surface area contributed by atoms with Gasteiger partial charge in [-0.3, -0.25) is 4.68 Å². The molecule has 0 aliphatic rings. The fourth-order valence-electron chi connectivity index (χ4n) is 2.08. The van der Waals surface area contributed by atoms with E-state index in [1.165, 1.54) is 0 Å². The molecular weight excluding hydrogens is 254 g/mol. The van der Waals surface area contributed by atoms with Crippen LogP contribution < -0.4 is 15.2 Å². The van der Waals surface area contributed by atoms with E-state index in [1.54, 1.807) is 11.8 Å². The Hall–Kier alpha value is -2.01. The molecule has 0 saturated heterocycles. The van der Waals surface area contributed by atoms with Crippen molar-refractivity contribution in [1.29, 1.82) is 0 Å². The molecular formula is C15H21N3O2. The zero-order valence-corrected chi connectivity index (χ0v) is 12.2. The van der Waals surface area contributed by atoms with Gasteiger partial charge in [0.1, 0.15) is 6.61 Å². The molecule has 0 fully saturated rings. The monoisotopic (exact) mass is 275 g/mol. The van der Waals surface area contributed by atoms with E-state index in [-0.39, 0.29) is 6.04 Å². The van der Waals surface area contributed by atoms with Gasteiger partial charge in [-0.1, -0.05) is 12.1 Å². The van der Waals surface area contributed by atoms with Crippen molar-refractivity contribution in [3.05, 3.63) is 41.7 Å². The van der Waals surface area contributed by atoms with Gasteiger partial charge >= 0.3 is 0 Å². The maximum atomic E-state index is 5.90. The number of aryl methyl sites for hydroxylation is 1. The Labute approximate surface area is 119 Å². The SMILES string of the molecule is COc1cccc(CC(C)N)c1OCc1ccn(C)n1. The summed E-state index contributed by atoms with van der Waals surface area (Å²) in [5.74, 6) is 1.47. The largest absolute Gasteiger partial charge is 0.493 e. The van der Waals surface area contributed by atoms with Crippen molar-refractivity contribution >= 4 is 0 Å². The van der Waals surface area contributed by atoms with Crippen LogP contribution in [-0.2, 0) is 20.1 Å². The van der Waals surface area contributed by atoms with Crippen molar-refractivity contribution in [2.75, 3.05) is 7.11 Å². The third-order valence-corrected chi connectivity index (χ3v) is 2.96. The van der Waals surface area contributed by atoms with Crippen molar-refractivity contribution in [3.8, 4) is 11.5 Å². The highest BCUT2D eigenvalue weighted by Gasteiger charge is 2.12. The van der Waals surface area contributed by atoms with Gasteiger partial charge in [0.2, 0.25) is 0 Å². The van der Waals surface area contributed by atoms with E-state index in [0.29, 0.717) is 6.61 Å². The quantitative estimate of drug-likeness (QED) is 0.874. The first-order valence-electron chi connectivity index (χ1n) is 6.63. The van der Waals surface area contributed by atoms with Gasteiger partial charge in [-0.05, 0) is 31.0 Å². The first-order chi connectivity index (χ1) is 9.60. The number of para-hydroxylation sites is 1. The van der Waals surface area contributed by atoms with Crippen molar-refractivity contribution in [2.24, 2.45) is 12.8 Å². The van der Waals surface area contributed by atoms with Crippen LogP contribution in [0.4, 0.5) is 0 Å². The lowest BCUT2D eigenvalue weighted by Crippen LogP contribution is -2.18. The molecule has 2 N–H and O–H groups in total. The molecule has 5 nitrogen and oxygen atoms in total. The zero-order chi connectivity index (χ0) is 14.5. The second-order valence-electron chi connectivity index (χ2n) is 4.90. The second kappa shape index (κ2) is 6.43. The minimum Gasteiger partial charge on any atom is -0.493 e. The van der Waals surface area contributed by atoms with Crippen LogP contribution in [0.1, 0.15) is 18.2 Å². The lowest BCUT2D eigenvalue weighted by Gasteiger charge is -2.15. The molecule has 0 aliphatic heterocycles. The number of nitrogens with zero attached hydrogens (tertiary/aromatic N) is 2. The first kappa shape index (κ1) is 14.4. The summed E-state index contributed by atoms with van der Waals surface area (Å²) in [6.45, 7) is 2.38. The summed E-state index contributed by atoms with van der Waals surface area (Å²) in [4.78, 5) is 0. The summed E-state index contributed by atoms with van der Waals surface area (Å²) in [5.41, 5.74) is 7.81. The fourth-order valence-corrected chi connectivity index (χ4v) is 2.08. The Kier molecular flexibility index (Phi) is 4.63. The van der Waals surface area contributed by atoms with E-state index in [4.69, 9.17) is 15.2 Å². The summed E-state index contributed by atoms with van der Waals surface area (Å²) in [6, 6.07) is 7.85. The predicted octanol–water partition coefficient (Wildman–Crippen LogP) is 1.90. The molecule has 0 aliphatic carbocycles. The maximum Gasteiger partial charge on any atom is 0.164 e. The third kappa shape index (κ3) is 3.51. The lowest BCUT2D eigenvalue weighted by molar-refractivity contribution is 0.276. The number of hydrogen-bond donors (Lipinski definition) is 1. The maximum absolute atomic E-state index is 5.90. The topological polar surface area (TPSA) is 62.3 Å². The smallest absolute Gasteiger partial charge is 0.164 e. The van der Waals surface area contributed by atoms with Crippen molar-refractivity contribution in [2.45, 2.75) is 26.0 Å². The van der Waals surface area contributed by atoms with E-state index in [2.05, 4.69) is 5.10 Å². The van der Waals surface area contributed by atoms with Crippen LogP contribution in [-0.4, -0.2) is 22.9 Å². The van der Waals surface area contributed by atoms with Gasteiger partial charge in [0.15, 0.2) is 11.5 Å². The van der Waals surface area contributed by atoms with Crippen molar-refractivity contribution in [1.82, 2.24) is 9.78 Å². The Morgan fingerprint density at radius 1 is 1.35 bits per heavy atom. The van der Waals surface area contributed by atoms with Crippen molar-refractivity contribution < 1.29 is 9.47 Å². The van der Waals surface area contributed by atoms with Crippen molar-refractivity contribution in [3.63, 3.8) is 0 Å². The average molecular weight is 275 g/mol. The predicted molar refractivity (Wildman–Crippen MR) is 77.9 cm³/mol. The summed E-state index contributed by atoms with van der Waals surface area (Å²) in [5, 5.41) is 4.30. The fraction of sp³-hybridized carbons (Fsp3) is 0.400. The summed E-state index contributed by atoms with van der Waals surface area (Å²) >= 11 is 0. The molecule has 0 saturated carbocycles. The molecule has 0 radical (unpaired) electrons. The van der Waals surface area contributed by atoms with Crippen LogP contribution >= 0.6 is 0 Å². The zero-order valence-electron chi connectivity index (χ0n) is 12.2. The first-order valence-corrected chi connectivity index (χ1v) is 6.63. The van der Waals surface area contributed by atoms with E-state index in [1.807, 2.05) is 44.4 Å². The molecule has 0 bridgehead atoms. The van der Waals surface area contributed by atoms with Gasteiger partial charge in [-0.2, -0.15) is 5.10 Å². The van der Waals surface area contributed by atoms with Gasteiger partial charge in [0.05, 0.1) is 12.8 Å². The van der Waals surface area contributed by atoms with Gasteiger partial charge in [0, 0.05) is 19.3 Å². The standard InChI is InChI=1S/C15H21N3O2/c1-11(16)9-12-5-4-6-14(19-3)15(12)20-10-13-7-8-18(2)17-13/h4-8,11H,9-10,16H2,1-3H3. The normalized spacial score (nSPS) is 12.2. The Morgan fingerprint density at radius 2 is 2.15 bits per heavy atom. The molecule has 1 aromatic heterocycles. The number of methoxy groups -OCH3 is 1. The van der Waals surface area contributed by atoms with Crippen LogP contribution in [0.2, 0.25) is 0 Å². The van der Waals surface area contributed by atoms with Crippen LogP contribution in [0.15, 0.2) is 30.5 Å². The van der Waals surface area contributed by atoms with E-state index in [0.717, 1.165) is 29.2 Å².